The first-order chi connectivity index (χ1) is 12.0. The molecule has 1 aromatic heterocycles. The summed E-state index contributed by atoms with van der Waals surface area (Å²) in [5.41, 5.74) is 2.60. The molecule has 2 atom stereocenters. The van der Waals surface area contributed by atoms with Gasteiger partial charge in [0.2, 0.25) is 0 Å². The number of nitrogens with one attached hydrogen (secondary N) is 2. The summed E-state index contributed by atoms with van der Waals surface area (Å²) in [6.45, 7) is 8.14. The minimum absolute atomic E-state index is 0.0502. The average Bonchev–Trinajstić information content (AvgIpc) is 2.91. The normalized spacial score (nSPS) is 24.9. The van der Waals surface area contributed by atoms with Gasteiger partial charge in [0.05, 0.1) is 17.9 Å². The molecule has 1 amide bonds. The lowest BCUT2D eigenvalue weighted by Crippen LogP contribution is -2.49. The number of aromatic amines is 1. The van der Waals surface area contributed by atoms with Crippen molar-refractivity contribution >= 4 is 11.7 Å². The third-order valence-electron chi connectivity index (χ3n) is 5.60. The van der Waals surface area contributed by atoms with Gasteiger partial charge in [-0.3, -0.25) is 9.59 Å². The maximum atomic E-state index is 12.9. The number of carbonyl (C=O) groups is 2. The molecule has 0 spiro atoms. The van der Waals surface area contributed by atoms with Crippen LogP contribution in [-0.4, -0.2) is 49.1 Å². The van der Waals surface area contributed by atoms with Gasteiger partial charge in [-0.05, 0) is 44.6 Å². The molecule has 2 N–H and O–H groups in total. The molecule has 2 aliphatic heterocycles. The number of ketones is 1. The van der Waals surface area contributed by atoms with Gasteiger partial charge in [0.1, 0.15) is 0 Å². The molecule has 0 aliphatic carbocycles. The van der Waals surface area contributed by atoms with Crippen LogP contribution in [0.5, 0.6) is 0 Å². The van der Waals surface area contributed by atoms with Crippen molar-refractivity contribution in [2.24, 2.45) is 11.8 Å². The fraction of sp³-hybridized carbons (Fsp3) is 0.684. The molecule has 2 aliphatic rings. The van der Waals surface area contributed by atoms with Crippen LogP contribution in [0.25, 0.3) is 0 Å². The zero-order valence-corrected chi connectivity index (χ0v) is 15.3. The van der Waals surface area contributed by atoms with Crippen LogP contribution >= 0.6 is 0 Å². The van der Waals surface area contributed by atoms with Crippen LogP contribution in [-0.2, 0) is 9.47 Å². The van der Waals surface area contributed by atoms with Crippen LogP contribution < -0.4 is 5.32 Å². The topological polar surface area (TPSA) is 80.4 Å². The van der Waals surface area contributed by atoms with Crippen LogP contribution in [0.15, 0.2) is 0 Å². The van der Waals surface area contributed by atoms with Crippen LogP contribution in [0, 0.1) is 25.7 Å². The van der Waals surface area contributed by atoms with E-state index >= 15 is 0 Å². The predicted molar refractivity (Wildman–Crippen MR) is 94.0 cm³/mol. The van der Waals surface area contributed by atoms with E-state index in [1.807, 2.05) is 13.8 Å². The Morgan fingerprint density at radius 1 is 1.08 bits per heavy atom. The summed E-state index contributed by atoms with van der Waals surface area (Å²) in [4.78, 5) is 27.7. The second-order valence-corrected chi connectivity index (χ2v) is 7.24. The van der Waals surface area contributed by atoms with Gasteiger partial charge >= 0.3 is 0 Å². The van der Waals surface area contributed by atoms with Crippen molar-refractivity contribution < 1.29 is 19.1 Å². The quantitative estimate of drug-likeness (QED) is 0.819. The third kappa shape index (κ3) is 3.80. The van der Waals surface area contributed by atoms with Gasteiger partial charge in [-0.2, -0.15) is 0 Å². The first-order valence-corrected chi connectivity index (χ1v) is 9.15. The molecule has 0 bridgehead atoms. The van der Waals surface area contributed by atoms with E-state index in [0.29, 0.717) is 36.3 Å². The summed E-state index contributed by atoms with van der Waals surface area (Å²) in [5, 5.41) is 3.23. The number of Topliss-reactive ketones (excluding diaryl/α,β-unsaturated/α-hetero) is 1. The number of hydrogen-bond donors (Lipinski definition) is 2. The zero-order valence-electron chi connectivity index (χ0n) is 15.3. The van der Waals surface area contributed by atoms with Gasteiger partial charge < -0.3 is 19.8 Å². The van der Waals surface area contributed by atoms with Crippen LogP contribution in [0.3, 0.4) is 0 Å². The molecule has 0 aromatic carbocycles. The summed E-state index contributed by atoms with van der Waals surface area (Å²) >= 11 is 0. The van der Waals surface area contributed by atoms with Gasteiger partial charge in [0.15, 0.2) is 5.78 Å². The van der Waals surface area contributed by atoms with Crippen LogP contribution in [0.4, 0.5) is 0 Å². The summed E-state index contributed by atoms with van der Waals surface area (Å²) < 4.78 is 11.2. The summed E-state index contributed by atoms with van der Waals surface area (Å²) in [6, 6.07) is 0.110. The summed E-state index contributed by atoms with van der Waals surface area (Å²) in [6.07, 6.45) is 2.88. The van der Waals surface area contributed by atoms with Crippen molar-refractivity contribution in [3.63, 3.8) is 0 Å². The Morgan fingerprint density at radius 3 is 2.40 bits per heavy atom. The molecule has 2 fully saturated rings. The van der Waals surface area contributed by atoms with Gasteiger partial charge in [0.25, 0.3) is 5.91 Å². The van der Waals surface area contributed by atoms with E-state index in [4.69, 9.17) is 9.47 Å². The number of hydrogen-bond acceptors (Lipinski definition) is 4. The fourth-order valence-electron chi connectivity index (χ4n) is 4.23. The minimum Gasteiger partial charge on any atom is -0.381 e. The Kier molecular flexibility index (Phi) is 5.59. The highest BCUT2D eigenvalue weighted by Crippen LogP contribution is 2.31. The van der Waals surface area contributed by atoms with Gasteiger partial charge in [-0.1, -0.05) is 0 Å². The lowest BCUT2D eigenvalue weighted by molar-refractivity contribution is -0.0259. The number of carbonyl (C=O) groups excluding carboxylic acids is 2. The monoisotopic (exact) mass is 348 g/mol. The lowest BCUT2D eigenvalue weighted by Gasteiger charge is -2.39. The smallest absolute Gasteiger partial charge is 0.253 e. The molecule has 25 heavy (non-hydrogen) atoms. The van der Waals surface area contributed by atoms with Crippen molar-refractivity contribution in [3.8, 4) is 0 Å². The molecule has 138 valence electrons. The molecule has 0 unspecified atom stereocenters. The number of aromatic nitrogens is 1. The number of ether oxygens (including phenoxy) is 2. The standard InChI is InChI=1S/C19H28N2O4/c1-11-17(12(2)20-18(11)13(3)22)19(23)21-16-6-9-25-10-15(16)14-4-7-24-8-5-14/h14-16,20H,4-10H2,1-3H3,(H,21,23)/t15-,16-/m0/s1. The number of H-pyrrole nitrogens is 1. The maximum Gasteiger partial charge on any atom is 0.253 e. The van der Waals surface area contributed by atoms with E-state index in [1.165, 1.54) is 6.92 Å². The predicted octanol–water partition coefficient (Wildman–Crippen LogP) is 2.40. The highest BCUT2D eigenvalue weighted by molar-refractivity contribution is 6.02. The summed E-state index contributed by atoms with van der Waals surface area (Å²) in [5.74, 6) is 0.711. The zero-order chi connectivity index (χ0) is 18.0. The fourth-order valence-corrected chi connectivity index (χ4v) is 4.23. The Bertz CT molecular complexity index is 646. The van der Waals surface area contributed by atoms with Crippen molar-refractivity contribution in [1.29, 1.82) is 0 Å². The third-order valence-corrected chi connectivity index (χ3v) is 5.60. The number of amides is 1. The Labute approximate surface area is 148 Å². The van der Waals surface area contributed by atoms with Crippen molar-refractivity contribution in [2.45, 2.75) is 46.1 Å². The second kappa shape index (κ2) is 7.70. The Hall–Kier alpha value is -1.66. The molecule has 6 nitrogen and oxygen atoms in total. The molecule has 1 aromatic rings. The molecule has 0 saturated carbocycles. The largest absolute Gasteiger partial charge is 0.381 e. The molecule has 6 heteroatoms. The number of rotatable bonds is 4. The van der Waals surface area contributed by atoms with Crippen molar-refractivity contribution in [1.82, 2.24) is 10.3 Å². The highest BCUT2D eigenvalue weighted by Gasteiger charge is 2.35. The molecule has 2 saturated heterocycles. The lowest BCUT2D eigenvalue weighted by atomic mass is 9.79. The van der Waals surface area contributed by atoms with Crippen molar-refractivity contribution in [2.75, 3.05) is 26.4 Å². The molecular formula is C19H28N2O4. The Morgan fingerprint density at radius 2 is 1.76 bits per heavy atom. The van der Waals surface area contributed by atoms with E-state index < -0.39 is 0 Å². The minimum atomic E-state index is -0.0947. The van der Waals surface area contributed by atoms with E-state index in [2.05, 4.69) is 10.3 Å². The molecule has 3 rings (SSSR count). The number of aryl methyl sites for hydroxylation is 1. The molecule has 3 heterocycles. The average molecular weight is 348 g/mol. The van der Waals surface area contributed by atoms with E-state index in [0.717, 1.165) is 43.7 Å². The van der Waals surface area contributed by atoms with E-state index in [-0.39, 0.29) is 17.7 Å². The maximum absolute atomic E-state index is 12.9. The summed E-state index contributed by atoms with van der Waals surface area (Å²) in [7, 11) is 0. The molecule has 0 radical (unpaired) electrons. The first kappa shape index (κ1) is 18.1. The van der Waals surface area contributed by atoms with Gasteiger partial charge in [-0.25, -0.2) is 0 Å². The first-order valence-electron chi connectivity index (χ1n) is 9.15. The SMILES string of the molecule is CC(=O)c1[nH]c(C)c(C(=O)N[C@H]2CCOC[C@H]2C2CCOCC2)c1C. The van der Waals surface area contributed by atoms with Crippen LogP contribution in [0.2, 0.25) is 0 Å². The van der Waals surface area contributed by atoms with E-state index in [1.54, 1.807) is 0 Å². The highest BCUT2D eigenvalue weighted by atomic mass is 16.5. The van der Waals surface area contributed by atoms with E-state index in [9.17, 15) is 9.59 Å². The van der Waals surface area contributed by atoms with Gasteiger partial charge in [-0.15, -0.1) is 0 Å². The van der Waals surface area contributed by atoms with Crippen molar-refractivity contribution in [3.05, 3.63) is 22.5 Å². The molecular weight excluding hydrogens is 320 g/mol. The second-order valence-electron chi connectivity index (χ2n) is 7.24. The van der Waals surface area contributed by atoms with Crippen LogP contribution in [0.1, 0.15) is 58.3 Å². The Balaban J connectivity index is 1.75. The van der Waals surface area contributed by atoms with Gasteiger partial charge in [0, 0.05) is 44.4 Å².